The van der Waals surface area contributed by atoms with E-state index in [-0.39, 0.29) is 19.5 Å². The Morgan fingerprint density at radius 1 is 1.32 bits per heavy atom. The predicted molar refractivity (Wildman–Crippen MR) is 108 cm³/mol. The molecule has 2 N–H and O–H groups in total. The van der Waals surface area contributed by atoms with Crippen LogP contribution in [-0.4, -0.2) is 60.4 Å². The molecule has 6 nitrogen and oxygen atoms in total. The minimum Gasteiger partial charge on any atom is -0.367 e. The number of hydrogen-bond acceptors (Lipinski definition) is 5. The summed E-state index contributed by atoms with van der Waals surface area (Å²) in [6.45, 7) is 2.70. The van der Waals surface area contributed by atoms with Gasteiger partial charge in [-0.2, -0.15) is 13.2 Å². The first kappa shape index (κ1) is 21.7. The van der Waals surface area contributed by atoms with Gasteiger partial charge in [-0.05, 0) is 38.4 Å². The molecule has 31 heavy (non-hydrogen) atoms. The molecular weight excluding hydrogens is 414 g/mol. The number of pyridine rings is 2. The van der Waals surface area contributed by atoms with Crippen molar-refractivity contribution in [2.24, 2.45) is 11.8 Å². The van der Waals surface area contributed by atoms with Gasteiger partial charge in [0.15, 0.2) is 6.17 Å². The van der Waals surface area contributed by atoms with Crippen LogP contribution in [0.3, 0.4) is 0 Å². The molecule has 0 radical (unpaired) electrons. The number of fused-ring (bicyclic) bond motifs is 1. The molecule has 1 amide bonds. The van der Waals surface area contributed by atoms with E-state index in [0.29, 0.717) is 41.8 Å². The monoisotopic (exact) mass is 439 g/mol. The van der Waals surface area contributed by atoms with E-state index < -0.39 is 36.1 Å². The van der Waals surface area contributed by atoms with Crippen LogP contribution in [0.1, 0.15) is 18.5 Å². The topological polar surface area (TPSA) is 70.2 Å². The molecule has 2 aromatic rings. The number of nitrogens with one attached hydrogen (secondary N) is 2. The minimum atomic E-state index is -4.43. The molecule has 0 spiro atoms. The van der Waals surface area contributed by atoms with E-state index in [1.165, 1.54) is 0 Å². The number of alkyl halides is 4. The summed E-state index contributed by atoms with van der Waals surface area (Å²) in [6, 6.07) is 2.69. The molecule has 3 unspecified atom stereocenters. The average Bonchev–Trinajstić information content (AvgIpc) is 3.27. The Morgan fingerprint density at radius 2 is 2.13 bits per heavy atom. The van der Waals surface area contributed by atoms with Crippen molar-refractivity contribution in [3.8, 4) is 0 Å². The molecule has 0 aromatic carbocycles. The predicted octanol–water partition coefficient (Wildman–Crippen LogP) is 2.76. The zero-order chi connectivity index (χ0) is 22.2. The normalized spacial score (nSPS) is 25.6. The number of piperidine rings is 1. The average molecular weight is 439 g/mol. The Bertz CT molecular complexity index is 947. The number of carbonyl (C=O) groups is 1. The molecule has 0 saturated carbocycles. The van der Waals surface area contributed by atoms with E-state index >= 15 is 0 Å². The van der Waals surface area contributed by atoms with E-state index in [2.05, 4.69) is 20.6 Å². The van der Waals surface area contributed by atoms with Gasteiger partial charge >= 0.3 is 6.18 Å². The number of aryl methyl sites for hydroxylation is 1. The van der Waals surface area contributed by atoms with Gasteiger partial charge in [0, 0.05) is 43.2 Å². The molecule has 2 aliphatic rings. The highest BCUT2D eigenvalue weighted by molar-refractivity contribution is 5.92. The molecule has 0 bridgehead atoms. The highest BCUT2D eigenvalue weighted by atomic mass is 19.4. The van der Waals surface area contributed by atoms with Gasteiger partial charge < -0.3 is 15.5 Å². The zero-order valence-electron chi connectivity index (χ0n) is 17.1. The Labute approximate surface area is 177 Å². The lowest BCUT2D eigenvalue weighted by atomic mass is 9.92. The van der Waals surface area contributed by atoms with Gasteiger partial charge in [0.05, 0.1) is 29.0 Å². The van der Waals surface area contributed by atoms with Gasteiger partial charge in [0.2, 0.25) is 0 Å². The number of hydrogen-bond donors (Lipinski definition) is 2. The molecule has 2 aliphatic heterocycles. The summed E-state index contributed by atoms with van der Waals surface area (Å²) < 4.78 is 55.6. The Hall–Kier alpha value is -2.49. The fourth-order valence-electron chi connectivity index (χ4n) is 4.50. The number of carbonyl (C=O) groups excluding carboxylic acids is 1. The molecule has 4 atom stereocenters. The molecular formula is C21H25F4N5O. The maximum atomic E-state index is 14.6. The van der Waals surface area contributed by atoms with Crippen LogP contribution >= 0.6 is 0 Å². The van der Waals surface area contributed by atoms with Crippen LogP contribution in [0.15, 0.2) is 24.5 Å². The lowest BCUT2D eigenvalue weighted by Gasteiger charge is -2.40. The Kier molecular flexibility index (Phi) is 6.00. The van der Waals surface area contributed by atoms with Gasteiger partial charge in [-0.1, -0.05) is 0 Å². The molecule has 4 heterocycles. The van der Waals surface area contributed by atoms with Crippen molar-refractivity contribution in [2.45, 2.75) is 38.2 Å². The smallest absolute Gasteiger partial charge is 0.367 e. The van der Waals surface area contributed by atoms with Crippen LogP contribution in [0.25, 0.3) is 10.9 Å². The van der Waals surface area contributed by atoms with Crippen molar-refractivity contribution in [3.63, 3.8) is 0 Å². The molecule has 0 aliphatic carbocycles. The van der Waals surface area contributed by atoms with Crippen molar-refractivity contribution in [1.82, 2.24) is 20.6 Å². The third-order valence-electron chi connectivity index (χ3n) is 6.17. The van der Waals surface area contributed by atoms with E-state index in [1.807, 2.05) is 0 Å². The first-order valence-corrected chi connectivity index (χ1v) is 10.4. The second-order valence-corrected chi connectivity index (χ2v) is 8.37. The van der Waals surface area contributed by atoms with Gasteiger partial charge in [-0.25, -0.2) is 4.39 Å². The largest absolute Gasteiger partial charge is 0.393 e. The van der Waals surface area contributed by atoms with Crippen molar-refractivity contribution >= 4 is 22.5 Å². The maximum absolute atomic E-state index is 14.6. The van der Waals surface area contributed by atoms with Crippen molar-refractivity contribution in [3.05, 3.63) is 30.2 Å². The minimum absolute atomic E-state index is 0.142. The summed E-state index contributed by atoms with van der Waals surface area (Å²) in [5.41, 5.74) is 1.82. The van der Waals surface area contributed by atoms with Gasteiger partial charge in [0.25, 0.3) is 5.91 Å². The van der Waals surface area contributed by atoms with Crippen LogP contribution in [-0.2, 0) is 4.79 Å². The van der Waals surface area contributed by atoms with Crippen LogP contribution in [0.5, 0.6) is 0 Å². The lowest BCUT2D eigenvalue weighted by molar-refractivity contribution is -0.178. The first-order valence-electron chi connectivity index (χ1n) is 10.4. The molecule has 2 saturated heterocycles. The summed E-state index contributed by atoms with van der Waals surface area (Å²) >= 11 is 0. The third kappa shape index (κ3) is 4.58. The summed E-state index contributed by atoms with van der Waals surface area (Å²) in [6.07, 6.45) is -2.77. The third-order valence-corrected chi connectivity index (χ3v) is 6.17. The number of nitrogens with zero attached hydrogens (tertiary/aromatic N) is 3. The second-order valence-electron chi connectivity index (χ2n) is 8.37. The first-order chi connectivity index (χ1) is 14.7. The molecule has 168 valence electrons. The number of halogens is 4. The fraction of sp³-hybridized carbons (Fsp3) is 0.571. The Balaban J connectivity index is 1.59. The summed E-state index contributed by atoms with van der Waals surface area (Å²) in [5, 5.41) is 6.23. The molecule has 2 fully saturated rings. The van der Waals surface area contributed by atoms with Gasteiger partial charge in [-0.15, -0.1) is 0 Å². The zero-order valence-corrected chi connectivity index (χ0v) is 17.1. The number of anilines is 1. The van der Waals surface area contributed by atoms with Crippen molar-refractivity contribution < 1.29 is 22.4 Å². The van der Waals surface area contributed by atoms with Gasteiger partial charge in [-0.3, -0.25) is 14.8 Å². The SMILES string of the molecule is Cc1ncc(N2CC(C(F)(F)F)C[C@@H](NC(=O)C(F)C3CCNC3)C2)c2cccnc12. The van der Waals surface area contributed by atoms with E-state index in [1.54, 1.807) is 36.4 Å². The molecule has 4 rings (SSSR count). The number of amides is 1. The highest BCUT2D eigenvalue weighted by Crippen LogP contribution is 2.37. The number of rotatable bonds is 4. The van der Waals surface area contributed by atoms with Crippen molar-refractivity contribution in [2.75, 3.05) is 31.1 Å². The van der Waals surface area contributed by atoms with Crippen LogP contribution in [0.4, 0.5) is 23.2 Å². The Morgan fingerprint density at radius 3 is 2.84 bits per heavy atom. The summed E-state index contributed by atoms with van der Waals surface area (Å²) in [7, 11) is 0. The van der Waals surface area contributed by atoms with Gasteiger partial charge in [0.1, 0.15) is 0 Å². The second kappa shape index (κ2) is 8.57. The number of aromatic nitrogens is 2. The van der Waals surface area contributed by atoms with Crippen LogP contribution in [0, 0.1) is 18.8 Å². The highest BCUT2D eigenvalue weighted by Gasteiger charge is 2.45. The molecule has 2 aromatic heterocycles. The fourth-order valence-corrected chi connectivity index (χ4v) is 4.50. The summed E-state index contributed by atoms with van der Waals surface area (Å²) in [5.74, 6) is -2.93. The lowest BCUT2D eigenvalue weighted by Crippen LogP contribution is -2.55. The molecule has 10 heteroatoms. The van der Waals surface area contributed by atoms with E-state index in [4.69, 9.17) is 0 Å². The van der Waals surface area contributed by atoms with E-state index in [9.17, 15) is 22.4 Å². The quantitative estimate of drug-likeness (QED) is 0.717. The van der Waals surface area contributed by atoms with Crippen molar-refractivity contribution in [1.29, 1.82) is 0 Å². The summed E-state index contributed by atoms with van der Waals surface area (Å²) in [4.78, 5) is 22.6. The maximum Gasteiger partial charge on any atom is 0.393 e. The standard InChI is InChI=1S/C21H25F4N5O/c1-12-19-16(3-2-5-27-19)17(9-28-12)30-10-14(21(23,24)25)7-15(11-30)29-20(31)18(22)13-4-6-26-8-13/h2-3,5,9,13-15,18,26H,4,6-8,10-11H2,1H3,(H,29,31)/t13?,14?,15-,18?/m1/s1. The van der Waals surface area contributed by atoms with E-state index in [0.717, 1.165) is 0 Å². The van der Waals surface area contributed by atoms with Crippen LogP contribution < -0.4 is 15.5 Å². The van der Waals surface area contributed by atoms with Crippen LogP contribution in [0.2, 0.25) is 0 Å².